The van der Waals surface area contributed by atoms with Gasteiger partial charge in [-0.25, -0.2) is 32.7 Å². The molecule has 200 valence electrons. The highest BCUT2D eigenvalue weighted by atomic mass is 32.2. The Morgan fingerprint density at radius 2 is 1.86 bits per heavy atom. The van der Waals surface area contributed by atoms with Crippen LogP contribution in [-0.2, 0) is 24.5 Å². The van der Waals surface area contributed by atoms with Gasteiger partial charge in [-0.05, 0) is 50.7 Å². The summed E-state index contributed by atoms with van der Waals surface area (Å²) in [5, 5.41) is -0.179. The number of methoxy groups -OCH3 is 1. The number of hydrogen-bond acceptors (Lipinski definition) is 7. The number of amides is 1. The molecule has 1 aromatic rings. The number of thioether (sulfide) groups is 1. The SMILES string of the molecule is COC(=O)C1=C[C@@](CF)(c2cccc(F)c2F)N=C(N(COCC[Si](C)(C)C)C(=O)OC(C)(C)C)S1. The predicted octanol–water partition coefficient (Wildman–Crippen LogP) is 5.84. The number of carbonyl (C=O) groups excluding carboxylic acids is 2. The van der Waals surface area contributed by atoms with Crippen LogP contribution in [0.5, 0.6) is 0 Å². The molecular weight excluding hydrogens is 513 g/mol. The number of alkyl halides is 1. The maximum atomic E-state index is 14.8. The van der Waals surface area contributed by atoms with E-state index in [1.807, 2.05) is 0 Å². The molecule has 0 saturated carbocycles. The molecule has 0 aromatic heterocycles. The van der Waals surface area contributed by atoms with Crippen LogP contribution in [0.15, 0.2) is 34.2 Å². The lowest BCUT2D eigenvalue weighted by molar-refractivity contribution is -0.135. The first-order valence-electron chi connectivity index (χ1n) is 11.3. The number of esters is 1. The Morgan fingerprint density at radius 1 is 1.19 bits per heavy atom. The molecule has 0 fully saturated rings. The van der Waals surface area contributed by atoms with Gasteiger partial charge in [0.15, 0.2) is 16.8 Å². The number of nitrogens with zero attached hydrogens (tertiary/aromatic N) is 2. The monoisotopic (exact) mass is 546 g/mol. The molecule has 1 atom stereocenters. The number of amidine groups is 1. The van der Waals surface area contributed by atoms with Gasteiger partial charge in [-0.15, -0.1) is 0 Å². The Kier molecular flexibility index (Phi) is 9.82. The molecule has 7 nitrogen and oxygen atoms in total. The molecule has 0 unspecified atom stereocenters. The van der Waals surface area contributed by atoms with Crippen molar-refractivity contribution >= 4 is 37.1 Å². The van der Waals surface area contributed by atoms with Crippen LogP contribution in [0.4, 0.5) is 18.0 Å². The lowest BCUT2D eigenvalue weighted by Crippen LogP contribution is -2.44. The lowest BCUT2D eigenvalue weighted by atomic mass is 9.90. The van der Waals surface area contributed by atoms with Crippen molar-refractivity contribution in [2.24, 2.45) is 4.99 Å². The van der Waals surface area contributed by atoms with E-state index in [1.54, 1.807) is 20.8 Å². The Morgan fingerprint density at radius 3 is 2.42 bits per heavy atom. The van der Waals surface area contributed by atoms with E-state index in [1.165, 1.54) is 12.1 Å². The molecule has 12 heteroatoms. The molecule has 1 amide bonds. The summed E-state index contributed by atoms with van der Waals surface area (Å²) < 4.78 is 59.5. The molecule has 0 aliphatic carbocycles. The van der Waals surface area contributed by atoms with Crippen LogP contribution in [-0.4, -0.2) is 62.9 Å². The standard InChI is InChI=1S/C24H33F3N2O5SSi/c1-23(2,3)34-22(31)29(15-33-11-12-36(5,6)7)21-28-24(14-25,13-18(35-21)20(30)32-4)16-9-8-10-17(26)19(16)27/h8-10,13H,11-12,14-15H2,1-7H3/t24-/m1/s1. The van der Waals surface area contributed by atoms with Crippen molar-refractivity contribution in [1.82, 2.24) is 4.90 Å². The third-order valence-electron chi connectivity index (χ3n) is 4.94. The van der Waals surface area contributed by atoms with Crippen molar-refractivity contribution in [2.45, 2.75) is 57.6 Å². The van der Waals surface area contributed by atoms with Crippen LogP contribution in [0.3, 0.4) is 0 Å². The third kappa shape index (κ3) is 7.84. The highest BCUT2D eigenvalue weighted by Gasteiger charge is 2.42. The Hall–Kier alpha value is -2.31. The summed E-state index contributed by atoms with van der Waals surface area (Å²) in [5.74, 6) is -3.38. The minimum absolute atomic E-state index is 0.153. The fourth-order valence-electron chi connectivity index (χ4n) is 3.04. The fraction of sp³-hybridized carbons (Fsp3) is 0.542. The van der Waals surface area contributed by atoms with Gasteiger partial charge >= 0.3 is 12.1 Å². The van der Waals surface area contributed by atoms with E-state index in [0.29, 0.717) is 6.61 Å². The van der Waals surface area contributed by atoms with E-state index in [4.69, 9.17) is 14.2 Å². The van der Waals surface area contributed by atoms with Gasteiger partial charge in [-0.3, -0.25) is 0 Å². The van der Waals surface area contributed by atoms with Gasteiger partial charge in [0, 0.05) is 20.2 Å². The molecular formula is C24H33F3N2O5SSi. The summed E-state index contributed by atoms with van der Waals surface area (Å²) >= 11 is 0.720. The summed E-state index contributed by atoms with van der Waals surface area (Å²) in [7, 11) is -0.317. The van der Waals surface area contributed by atoms with Crippen molar-refractivity contribution < 1.29 is 37.0 Å². The number of benzene rings is 1. The second-order valence-corrected chi connectivity index (χ2v) is 17.0. The first-order chi connectivity index (χ1) is 16.6. The van der Waals surface area contributed by atoms with Gasteiger partial charge in [0.05, 0.1) is 12.0 Å². The molecule has 36 heavy (non-hydrogen) atoms. The average Bonchev–Trinajstić information content (AvgIpc) is 2.77. The molecule has 0 N–H and O–H groups in total. The van der Waals surface area contributed by atoms with Gasteiger partial charge in [-0.1, -0.05) is 31.8 Å². The zero-order valence-corrected chi connectivity index (χ0v) is 23.4. The second kappa shape index (κ2) is 11.8. The average molecular weight is 547 g/mol. The first kappa shape index (κ1) is 29.9. The van der Waals surface area contributed by atoms with Crippen LogP contribution < -0.4 is 0 Å². The number of halogens is 3. The van der Waals surface area contributed by atoms with E-state index in [2.05, 4.69) is 24.6 Å². The zero-order chi connectivity index (χ0) is 27.3. The third-order valence-corrected chi connectivity index (χ3v) is 7.64. The van der Waals surface area contributed by atoms with Crippen LogP contribution in [0.1, 0.15) is 26.3 Å². The molecule has 1 aliphatic heterocycles. The molecule has 0 saturated heterocycles. The van der Waals surface area contributed by atoms with Crippen LogP contribution in [0, 0.1) is 11.6 Å². The summed E-state index contributed by atoms with van der Waals surface area (Å²) in [6.07, 6.45) is 0.213. The Labute approximate surface area is 215 Å². The van der Waals surface area contributed by atoms with Crippen molar-refractivity contribution in [3.05, 3.63) is 46.4 Å². The van der Waals surface area contributed by atoms with E-state index < -0.39 is 55.1 Å². The Bertz CT molecular complexity index is 1040. The van der Waals surface area contributed by atoms with Gasteiger partial charge in [-0.2, -0.15) is 0 Å². The first-order valence-corrected chi connectivity index (χ1v) is 15.8. The highest BCUT2D eigenvalue weighted by Crippen LogP contribution is 2.41. The number of rotatable bonds is 8. The van der Waals surface area contributed by atoms with Gasteiger partial charge < -0.3 is 14.2 Å². The molecule has 0 spiro atoms. The smallest absolute Gasteiger partial charge is 0.418 e. The fourth-order valence-corrected chi connectivity index (χ4v) is 4.86. The van der Waals surface area contributed by atoms with Crippen molar-refractivity contribution in [3.63, 3.8) is 0 Å². The second-order valence-electron chi connectivity index (χ2n) is 10.4. The number of ether oxygens (including phenoxy) is 3. The Balaban J connectivity index is 2.59. The molecule has 1 aliphatic rings. The normalized spacial score (nSPS) is 18.3. The summed E-state index contributed by atoms with van der Waals surface area (Å²) in [6.45, 7) is 10.2. The molecule has 2 rings (SSSR count). The highest BCUT2D eigenvalue weighted by molar-refractivity contribution is 8.17. The topological polar surface area (TPSA) is 77.4 Å². The maximum Gasteiger partial charge on any atom is 0.418 e. The van der Waals surface area contributed by atoms with Crippen molar-refractivity contribution in [1.29, 1.82) is 0 Å². The van der Waals surface area contributed by atoms with Gasteiger partial charge in [0.2, 0.25) is 0 Å². The summed E-state index contributed by atoms with van der Waals surface area (Å²) in [6, 6.07) is 4.07. The van der Waals surface area contributed by atoms with Gasteiger partial charge in [0.1, 0.15) is 24.5 Å². The van der Waals surface area contributed by atoms with Crippen LogP contribution in [0.2, 0.25) is 25.7 Å². The van der Waals surface area contributed by atoms with E-state index >= 15 is 0 Å². The zero-order valence-electron chi connectivity index (χ0n) is 21.6. The number of aliphatic imine (C=N–C) groups is 1. The molecule has 1 heterocycles. The number of hydrogen-bond donors (Lipinski definition) is 0. The molecule has 0 bridgehead atoms. The molecule has 1 aromatic carbocycles. The molecule has 0 radical (unpaired) electrons. The van der Waals surface area contributed by atoms with E-state index in [-0.39, 0.29) is 16.8 Å². The van der Waals surface area contributed by atoms with E-state index in [9.17, 15) is 22.8 Å². The van der Waals surface area contributed by atoms with Crippen LogP contribution in [0.25, 0.3) is 0 Å². The maximum absolute atomic E-state index is 14.8. The van der Waals surface area contributed by atoms with Crippen molar-refractivity contribution in [2.75, 3.05) is 27.1 Å². The van der Waals surface area contributed by atoms with E-state index in [0.717, 1.165) is 42.0 Å². The van der Waals surface area contributed by atoms with Gasteiger partial charge in [0.25, 0.3) is 0 Å². The van der Waals surface area contributed by atoms with Crippen LogP contribution >= 0.6 is 11.8 Å². The quantitative estimate of drug-likeness (QED) is 0.177. The number of carbonyl (C=O) groups is 2. The summed E-state index contributed by atoms with van der Waals surface area (Å²) in [5.41, 5.74) is -3.46. The largest absolute Gasteiger partial charge is 0.465 e. The summed E-state index contributed by atoms with van der Waals surface area (Å²) in [4.78, 5) is 30.8. The predicted molar refractivity (Wildman–Crippen MR) is 136 cm³/mol. The lowest BCUT2D eigenvalue weighted by Gasteiger charge is -2.34. The van der Waals surface area contributed by atoms with Crippen molar-refractivity contribution in [3.8, 4) is 0 Å². The minimum atomic E-state index is -2.13. The minimum Gasteiger partial charge on any atom is -0.465 e.